The van der Waals surface area contributed by atoms with E-state index in [1.165, 1.54) is 0 Å². The molecule has 16 nitrogen and oxygen atoms in total. The standard InChI is InChI=1S/2C20H14N2O5S.C7H8N2.7C2H6.2Cu/c2*23-19-14-7-3-1-5-12(14)9-10-16(19)21-22-18-17(28-27-26-25)11-13-6-2-4-8-15(13)20(18)24;1-8-9-7-5-3-2-4-6-7;7*1-2;;/h2*1-11,23-25H;2-6H,1H3;7*1-2H3;;. The van der Waals surface area contributed by atoms with E-state index in [0.29, 0.717) is 55.4 Å². The zero-order valence-corrected chi connectivity index (χ0v) is 52.0. The van der Waals surface area contributed by atoms with E-state index in [4.69, 9.17) is 10.5 Å². The summed E-state index contributed by atoms with van der Waals surface area (Å²) < 4.78 is 9.02. The Kier molecular flexibility index (Phi) is 46.9. The molecule has 0 aliphatic carbocycles. The van der Waals surface area contributed by atoms with Gasteiger partial charge in [0.2, 0.25) is 0 Å². The number of benzene rings is 9. The normalized spacial score (nSPS) is 9.69. The van der Waals surface area contributed by atoms with Crippen molar-refractivity contribution in [1.82, 2.24) is 0 Å². The van der Waals surface area contributed by atoms with Gasteiger partial charge in [-0.3, -0.25) is 0 Å². The summed E-state index contributed by atoms with van der Waals surface area (Å²) >= 11 is 1.34. The van der Waals surface area contributed by atoms with E-state index in [1.807, 2.05) is 200 Å². The van der Waals surface area contributed by atoms with Crippen LogP contribution in [0.1, 0.15) is 96.9 Å². The smallest absolute Gasteiger partial charge is 0.152 e. The summed E-state index contributed by atoms with van der Waals surface area (Å²) in [6.45, 7) is 28.0. The van der Waals surface area contributed by atoms with Gasteiger partial charge >= 0.3 is 0 Å². The molecule has 2 radical (unpaired) electrons. The van der Waals surface area contributed by atoms with Crippen LogP contribution in [0, 0.1) is 0 Å². The molecular formula is C61H78Cu2N6O10S2. The van der Waals surface area contributed by atoms with Gasteiger partial charge in [0, 0.05) is 62.7 Å². The van der Waals surface area contributed by atoms with E-state index < -0.39 is 0 Å². The Bertz CT molecular complexity index is 3010. The summed E-state index contributed by atoms with van der Waals surface area (Å²) in [5.74, 6) is -0.227. The van der Waals surface area contributed by atoms with E-state index in [0.717, 1.165) is 27.2 Å². The van der Waals surface area contributed by atoms with Gasteiger partial charge in [0.15, 0.2) is 23.0 Å². The molecule has 9 aromatic carbocycles. The molecule has 0 amide bonds. The summed E-state index contributed by atoms with van der Waals surface area (Å²) in [6, 6.07) is 49.1. The second-order valence-corrected chi connectivity index (χ2v) is 14.9. The number of nitrogens with zero attached hydrogens (tertiary/aromatic N) is 6. The van der Waals surface area contributed by atoms with E-state index in [2.05, 4.69) is 49.4 Å². The van der Waals surface area contributed by atoms with Gasteiger partial charge in [-0.1, -0.05) is 234 Å². The van der Waals surface area contributed by atoms with Crippen LogP contribution in [0.2, 0.25) is 0 Å². The van der Waals surface area contributed by atoms with Crippen molar-refractivity contribution in [2.24, 2.45) is 30.7 Å². The molecule has 6 N–H and O–H groups in total. The SMILES string of the molecule is CC.CC.CC.CC.CC.CC.CC.CN=Nc1ccccc1.OOOSc1cc2ccccc2c(O)c1N=Nc1ccc2ccccc2c1O.OOOSc1cc2ccccc2c(O)c1N=Nc1ccc2ccccc2c1O.[Cu].[Cu]. The zero-order valence-electron chi connectivity index (χ0n) is 48.5. The van der Waals surface area contributed by atoms with Gasteiger partial charge in [-0.15, -0.1) is 29.1 Å². The summed E-state index contributed by atoms with van der Waals surface area (Å²) in [5.41, 5.74) is 1.64. The van der Waals surface area contributed by atoms with Crippen LogP contribution in [0.25, 0.3) is 43.1 Å². The summed E-state index contributed by atoms with van der Waals surface area (Å²) in [4.78, 5) is 0.739. The van der Waals surface area contributed by atoms with Gasteiger partial charge in [-0.2, -0.15) is 10.2 Å². The monoisotopic (exact) mass is 1240 g/mol. The predicted octanol–water partition coefficient (Wildman–Crippen LogP) is 22.1. The fraction of sp³-hybridized carbons (Fsp3) is 0.246. The van der Waals surface area contributed by atoms with E-state index >= 15 is 0 Å². The number of azo groups is 3. The van der Waals surface area contributed by atoms with Gasteiger partial charge < -0.3 is 20.4 Å². The second kappa shape index (κ2) is 48.2. The van der Waals surface area contributed by atoms with Gasteiger partial charge in [-0.05, 0) is 57.9 Å². The molecule has 0 aliphatic rings. The van der Waals surface area contributed by atoms with Crippen LogP contribution in [0.5, 0.6) is 23.0 Å². The van der Waals surface area contributed by atoms with E-state index in [9.17, 15) is 20.4 Å². The summed E-state index contributed by atoms with van der Waals surface area (Å²) in [5, 5.41) is 96.1. The largest absolute Gasteiger partial charge is 0.505 e. The van der Waals surface area contributed by atoms with Crippen molar-refractivity contribution in [2.75, 3.05) is 7.05 Å². The molecule has 9 aromatic rings. The van der Waals surface area contributed by atoms with Crippen molar-refractivity contribution in [3.8, 4) is 23.0 Å². The minimum Gasteiger partial charge on any atom is -0.505 e. The number of phenols is 4. The maximum atomic E-state index is 10.7. The minimum absolute atomic E-state index is 0. The molecule has 0 bridgehead atoms. The third-order valence-corrected chi connectivity index (χ3v) is 10.7. The fourth-order valence-electron chi connectivity index (χ4n) is 6.48. The molecule has 0 aliphatic heterocycles. The average molecular weight is 1250 g/mol. The molecule has 0 saturated carbocycles. The number of hydrogen-bond donors (Lipinski definition) is 6. The molecule has 0 fully saturated rings. The molecule has 446 valence electrons. The van der Waals surface area contributed by atoms with Gasteiger partial charge in [0.05, 0.1) is 39.6 Å². The van der Waals surface area contributed by atoms with Crippen molar-refractivity contribution in [3.63, 3.8) is 0 Å². The molecule has 0 unspecified atom stereocenters. The van der Waals surface area contributed by atoms with Crippen LogP contribution in [-0.2, 0) is 52.9 Å². The number of hydrogen-bond acceptors (Lipinski definition) is 18. The van der Waals surface area contributed by atoms with E-state index in [1.54, 1.807) is 67.7 Å². The summed E-state index contributed by atoms with van der Waals surface area (Å²) in [7, 11) is 1.66. The van der Waals surface area contributed by atoms with Crippen LogP contribution in [0.4, 0.5) is 28.4 Å². The first-order valence-corrected chi connectivity index (χ1v) is 27.7. The van der Waals surface area contributed by atoms with Crippen molar-refractivity contribution in [3.05, 3.63) is 164 Å². The molecule has 0 heterocycles. The van der Waals surface area contributed by atoms with E-state index in [-0.39, 0.29) is 79.9 Å². The summed E-state index contributed by atoms with van der Waals surface area (Å²) in [6.07, 6.45) is 0. The first kappa shape index (κ1) is 78.7. The Morgan fingerprint density at radius 3 is 0.951 bits per heavy atom. The Morgan fingerprint density at radius 2 is 0.630 bits per heavy atom. The van der Waals surface area contributed by atoms with Gasteiger partial charge in [0.25, 0.3) is 0 Å². The maximum absolute atomic E-state index is 10.7. The Hall–Kier alpha value is -6.48. The molecule has 0 aromatic heterocycles. The molecule has 0 saturated heterocycles. The van der Waals surface area contributed by atoms with Crippen LogP contribution in [0.3, 0.4) is 0 Å². The van der Waals surface area contributed by atoms with Crippen molar-refractivity contribution >= 4 is 95.6 Å². The van der Waals surface area contributed by atoms with Crippen molar-refractivity contribution in [1.29, 1.82) is 0 Å². The minimum atomic E-state index is -0.105. The average Bonchev–Trinajstić information content (AvgIpc) is 3.53. The molecule has 0 atom stereocenters. The third kappa shape index (κ3) is 24.3. The molecule has 20 heteroatoms. The maximum Gasteiger partial charge on any atom is 0.152 e. The Labute approximate surface area is 507 Å². The van der Waals surface area contributed by atoms with Crippen LogP contribution < -0.4 is 0 Å². The van der Waals surface area contributed by atoms with Gasteiger partial charge in [0.1, 0.15) is 22.7 Å². The number of aromatic hydroxyl groups is 4. The predicted molar refractivity (Wildman–Crippen MR) is 328 cm³/mol. The molecular weight excluding hydrogens is 1170 g/mol. The number of phenolic OH excluding ortho intramolecular Hbond substituents is 4. The van der Waals surface area contributed by atoms with Crippen LogP contribution in [0.15, 0.2) is 204 Å². The second-order valence-electron chi connectivity index (χ2n) is 13.4. The quantitative estimate of drug-likeness (QED) is 0.0233. The zero-order chi connectivity index (χ0) is 59.5. The van der Waals surface area contributed by atoms with Gasteiger partial charge in [-0.25, -0.2) is 10.5 Å². The van der Waals surface area contributed by atoms with Crippen molar-refractivity contribution in [2.45, 2.75) is 107 Å². The third-order valence-electron chi connectivity index (χ3n) is 9.47. The molecule has 9 rings (SSSR count). The first-order valence-electron chi connectivity index (χ1n) is 26.2. The Morgan fingerprint density at radius 1 is 0.333 bits per heavy atom. The molecule has 0 spiro atoms. The topological polar surface area (TPSA) is 232 Å². The van der Waals surface area contributed by atoms with Crippen LogP contribution >= 0.6 is 24.1 Å². The fourth-order valence-corrected chi connectivity index (χ4v) is 7.47. The number of rotatable bonds is 11. The van der Waals surface area contributed by atoms with Crippen molar-refractivity contribution < 1.29 is 83.8 Å². The molecule has 81 heavy (non-hydrogen) atoms. The number of fused-ring (bicyclic) bond motifs is 4. The first-order chi connectivity index (χ1) is 38.8. The van der Waals surface area contributed by atoms with Crippen LogP contribution in [-0.4, -0.2) is 38.0 Å². The Balaban J connectivity index is -0.00000108.